The third-order valence-electron chi connectivity index (χ3n) is 2.02. The summed E-state index contributed by atoms with van der Waals surface area (Å²) < 4.78 is 4.95. The summed E-state index contributed by atoms with van der Waals surface area (Å²) in [6, 6.07) is 0. The number of Topliss-reactive ketones (excluding diaryl/α,β-unsaturated/α-hetero) is 1. The minimum absolute atomic E-state index is 0.0119. The normalized spacial score (nSPS) is 11.7. The largest absolute Gasteiger partial charge is 0.461 e. The van der Waals surface area contributed by atoms with Gasteiger partial charge in [-0.1, -0.05) is 6.92 Å². The Kier molecular flexibility index (Phi) is 7.16. The van der Waals surface area contributed by atoms with E-state index in [9.17, 15) is 14.4 Å². The molecule has 1 atom stereocenters. The summed E-state index contributed by atoms with van der Waals surface area (Å²) in [4.78, 5) is 32.6. The van der Waals surface area contributed by atoms with Crippen LogP contribution in [-0.2, 0) is 19.1 Å². The zero-order valence-electron chi connectivity index (χ0n) is 10.0. The molecule has 16 heavy (non-hydrogen) atoms. The number of ether oxygens (including phenoxy) is 1. The maximum absolute atomic E-state index is 11.2. The topological polar surface area (TPSA) is 72.5 Å². The van der Waals surface area contributed by atoms with Gasteiger partial charge in [-0.05, 0) is 13.3 Å². The van der Waals surface area contributed by atoms with Gasteiger partial charge in [0.15, 0.2) is 0 Å². The van der Waals surface area contributed by atoms with Gasteiger partial charge in [0.1, 0.15) is 11.9 Å². The van der Waals surface area contributed by atoms with E-state index in [1.165, 1.54) is 13.8 Å². The summed E-state index contributed by atoms with van der Waals surface area (Å²) in [6.45, 7) is 4.95. The number of hydrogen-bond acceptors (Lipinski definition) is 4. The van der Waals surface area contributed by atoms with Crippen LogP contribution in [0.2, 0.25) is 0 Å². The van der Waals surface area contributed by atoms with Crippen molar-refractivity contribution < 1.29 is 19.1 Å². The highest BCUT2D eigenvalue weighted by Crippen LogP contribution is 1.97. The molecule has 1 amide bonds. The van der Waals surface area contributed by atoms with Crippen molar-refractivity contribution in [2.75, 3.05) is 6.54 Å². The smallest absolute Gasteiger partial charge is 0.302 e. The molecule has 5 nitrogen and oxygen atoms in total. The third-order valence-corrected chi connectivity index (χ3v) is 2.02. The van der Waals surface area contributed by atoms with E-state index in [-0.39, 0.29) is 36.6 Å². The molecule has 0 saturated heterocycles. The first-order chi connectivity index (χ1) is 7.45. The van der Waals surface area contributed by atoms with Gasteiger partial charge in [0.2, 0.25) is 5.91 Å². The molecule has 1 unspecified atom stereocenters. The monoisotopic (exact) mass is 229 g/mol. The zero-order chi connectivity index (χ0) is 12.6. The average molecular weight is 229 g/mol. The van der Waals surface area contributed by atoms with E-state index in [2.05, 4.69) is 5.32 Å². The predicted molar refractivity (Wildman–Crippen MR) is 58.8 cm³/mol. The molecule has 0 aliphatic heterocycles. The Bertz CT molecular complexity index is 263. The Morgan fingerprint density at radius 2 is 1.81 bits per heavy atom. The van der Waals surface area contributed by atoms with Crippen LogP contribution in [0.25, 0.3) is 0 Å². The second-order valence-corrected chi connectivity index (χ2v) is 3.65. The lowest BCUT2D eigenvalue weighted by Gasteiger charge is -2.15. The standard InChI is InChI=1S/C11H19NO4/c1-4-10(16-9(3)14)7-12-11(15)6-5-8(2)13/h10H,4-7H2,1-3H3,(H,12,15). The van der Waals surface area contributed by atoms with Crippen molar-refractivity contribution in [1.29, 1.82) is 0 Å². The van der Waals surface area contributed by atoms with Crippen LogP contribution < -0.4 is 5.32 Å². The van der Waals surface area contributed by atoms with Gasteiger partial charge >= 0.3 is 5.97 Å². The predicted octanol–water partition coefficient (Wildman–Crippen LogP) is 0.813. The van der Waals surface area contributed by atoms with Gasteiger partial charge in [0.05, 0.1) is 6.54 Å². The number of rotatable bonds is 7. The maximum Gasteiger partial charge on any atom is 0.302 e. The van der Waals surface area contributed by atoms with Crippen molar-refractivity contribution in [1.82, 2.24) is 5.32 Å². The summed E-state index contributed by atoms with van der Waals surface area (Å²) in [5.41, 5.74) is 0. The second kappa shape index (κ2) is 7.84. The highest BCUT2D eigenvalue weighted by atomic mass is 16.5. The van der Waals surface area contributed by atoms with Crippen LogP contribution >= 0.6 is 0 Å². The molecule has 0 aromatic rings. The summed E-state index contributed by atoms with van der Waals surface area (Å²) >= 11 is 0. The van der Waals surface area contributed by atoms with Gasteiger partial charge in [-0.15, -0.1) is 0 Å². The van der Waals surface area contributed by atoms with Crippen LogP contribution in [0.1, 0.15) is 40.0 Å². The van der Waals surface area contributed by atoms with E-state index in [0.717, 1.165) is 0 Å². The highest BCUT2D eigenvalue weighted by molar-refractivity contribution is 5.83. The van der Waals surface area contributed by atoms with Crippen molar-refractivity contribution in [2.45, 2.75) is 46.1 Å². The molecule has 0 heterocycles. The number of carbonyl (C=O) groups excluding carboxylic acids is 3. The Morgan fingerprint density at radius 3 is 2.25 bits per heavy atom. The molecule has 0 aromatic carbocycles. The van der Waals surface area contributed by atoms with Crippen LogP contribution in [-0.4, -0.2) is 30.3 Å². The van der Waals surface area contributed by atoms with Gasteiger partial charge in [-0.3, -0.25) is 9.59 Å². The van der Waals surface area contributed by atoms with Crippen molar-refractivity contribution in [3.05, 3.63) is 0 Å². The van der Waals surface area contributed by atoms with Crippen LogP contribution in [0.4, 0.5) is 0 Å². The fraction of sp³-hybridized carbons (Fsp3) is 0.727. The molecule has 0 aromatic heterocycles. The lowest BCUT2D eigenvalue weighted by Crippen LogP contribution is -2.34. The summed E-state index contributed by atoms with van der Waals surface area (Å²) in [6.07, 6.45) is 0.785. The molecule has 0 saturated carbocycles. The molecule has 0 bridgehead atoms. The number of ketones is 1. The molecule has 0 aliphatic rings. The molecule has 0 spiro atoms. The molecular formula is C11H19NO4. The van der Waals surface area contributed by atoms with Gasteiger partial charge < -0.3 is 14.8 Å². The van der Waals surface area contributed by atoms with E-state index in [1.54, 1.807) is 0 Å². The minimum atomic E-state index is -0.357. The molecule has 92 valence electrons. The van der Waals surface area contributed by atoms with Crippen LogP contribution in [0.5, 0.6) is 0 Å². The minimum Gasteiger partial charge on any atom is -0.461 e. The molecule has 0 aliphatic carbocycles. The lowest BCUT2D eigenvalue weighted by molar-refractivity contribution is -0.146. The third kappa shape index (κ3) is 7.96. The van der Waals surface area contributed by atoms with E-state index < -0.39 is 0 Å². The summed E-state index contributed by atoms with van der Waals surface area (Å²) in [5.74, 6) is -0.562. The van der Waals surface area contributed by atoms with Crippen molar-refractivity contribution in [3.63, 3.8) is 0 Å². The number of amides is 1. The van der Waals surface area contributed by atoms with Crippen molar-refractivity contribution >= 4 is 17.7 Å². The molecule has 0 rings (SSSR count). The fourth-order valence-electron chi connectivity index (χ4n) is 1.11. The Labute approximate surface area is 95.5 Å². The van der Waals surface area contributed by atoms with Crippen molar-refractivity contribution in [3.8, 4) is 0 Å². The summed E-state index contributed by atoms with van der Waals surface area (Å²) in [7, 11) is 0. The van der Waals surface area contributed by atoms with Crippen LogP contribution in [0.15, 0.2) is 0 Å². The van der Waals surface area contributed by atoms with E-state index in [1.807, 2.05) is 6.92 Å². The van der Waals surface area contributed by atoms with E-state index in [4.69, 9.17) is 4.74 Å². The van der Waals surface area contributed by atoms with Crippen LogP contribution in [0.3, 0.4) is 0 Å². The zero-order valence-corrected chi connectivity index (χ0v) is 10.0. The Morgan fingerprint density at radius 1 is 1.19 bits per heavy atom. The first-order valence-electron chi connectivity index (χ1n) is 5.39. The van der Waals surface area contributed by atoms with Crippen molar-refractivity contribution in [2.24, 2.45) is 0 Å². The Hall–Kier alpha value is -1.39. The molecule has 0 fully saturated rings. The quantitative estimate of drug-likeness (QED) is 0.656. The van der Waals surface area contributed by atoms with Gasteiger partial charge in [0.25, 0.3) is 0 Å². The van der Waals surface area contributed by atoms with Gasteiger partial charge in [-0.25, -0.2) is 0 Å². The van der Waals surface area contributed by atoms with Gasteiger partial charge in [-0.2, -0.15) is 0 Å². The van der Waals surface area contributed by atoms with Crippen LogP contribution in [0, 0.1) is 0 Å². The first-order valence-corrected chi connectivity index (χ1v) is 5.39. The average Bonchev–Trinajstić information content (AvgIpc) is 2.20. The first kappa shape index (κ1) is 14.6. The molecule has 5 heteroatoms. The number of nitrogens with one attached hydrogen (secondary N) is 1. The number of hydrogen-bond donors (Lipinski definition) is 1. The van der Waals surface area contributed by atoms with Gasteiger partial charge in [0, 0.05) is 19.8 Å². The molecule has 1 N–H and O–H groups in total. The molecular weight excluding hydrogens is 210 g/mol. The number of esters is 1. The summed E-state index contributed by atoms with van der Waals surface area (Å²) in [5, 5.41) is 2.63. The number of carbonyl (C=O) groups is 3. The maximum atomic E-state index is 11.2. The molecule has 0 radical (unpaired) electrons. The SMILES string of the molecule is CCC(CNC(=O)CCC(C)=O)OC(C)=O. The van der Waals surface area contributed by atoms with E-state index in [0.29, 0.717) is 13.0 Å². The lowest BCUT2D eigenvalue weighted by atomic mass is 10.2. The highest BCUT2D eigenvalue weighted by Gasteiger charge is 2.11. The van der Waals surface area contributed by atoms with E-state index >= 15 is 0 Å². The second-order valence-electron chi connectivity index (χ2n) is 3.65. The Balaban J connectivity index is 3.79. The fourth-order valence-corrected chi connectivity index (χ4v) is 1.11.